The van der Waals surface area contributed by atoms with Crippen LogP contribution in [0.1, 0.15) is 37.7 Å². The highest BCUT2D eigenvalue weighted by molar-refractivity contribution is 5.97. The first-order chi connectivity index (χ1) is 12.3. The molecule has 0 spiro atoms. The van der Waals surface area contributed by atoms with Crippen molar-refractivity contribution in [1.82, 2.24) is 10.3 Å². The van der Waals surface area contributed by atoms with Crippen molar-refractivity contribution in [1.29, 1.82) is 0 Å². The van der Waals surface area contributed by atoms with Crippen LogP contribution < -0.4 is 5.32 Å². The number of nitrogens with zero attached hydrogens (tertiary/aromatic N) is 1. The zero-order valence-electron chi connectivity index (χ0n) is 15.0. The Morgan fingerprint density at radius 1 is 1.35 bits per heavy atom. The van der Waals surface area contributed by atoms with Crippen LogP contribution >= 0.6 is 0 Å². The van der Waals surface area contributed by atoms with Crippen molar-refractivity contribution in [3.05, 3.63) is 42.3 Å². The first-order valence-corrected chi connectivity index (χ1v) is 8.50. The van der Waals surface area contributed by atoms with Gasteiger partial charge in [-0.05, 0) is 19.1 Å². The summed E-state index contributed by atoms with van der Waals surface area (Å²) in [6.45, 7) is 5.91. The van der Waals surface area contributed by atoms with Gasteiger partial charge < -0.3 is 19.6 Å². The molecule has 2 atom stereocenters. The predicted octanol–water partition coefficient (Wildman–Crippen LogP) is 2.73. The standard InChI is InChI=1S/C19H22N2O5/c1-4-25-14-10-19(17(23)24,18(14,2)3)21-15(22)13-11-26-16(20-13)12-8-6-5-7-9-12/h5-9,11,14H,4,10H2,1-3H3,(H,21,22)(H,23,24). The van der Waals surface area contributed by atoms with Gasteiger partial charge in [0.15, 0.2) is 5.69 Å². The molecule has 1 saturated carbocycles. The van der Waals surface area contributed by atoms with Gasteiger partial charge in [0.1, 0.15) is 11.8 Å². The highest BCUT2D eigenvalue weighted by Crippen LogP contribution is 2.51. The maximum absolute atomic E-state index is 12.6. The van der Waals surface area contributed by atoms with Crippen LogP contribution in [0, 0.1) is 5.41 Å². The van der Waals surface area contributed by atoms with Crippen LogP contribution in [0.25, 0.3) is 11.5 Å². The van der Waals surface area contributed by atoms with Gasteiger partial charge in [-0.1, -0.05) is 32.0 Å². The molecular weight excluding hydrogens is 336 g/mol. The number of aliphatic carboxylic acids is 1. The monoisotopic (exact) mass is 358 g/mol. The molecule has 3 rings (SSSR count). The average molecular weight is 358 g/mol. The third-order valence-electron chi connectivity index (χ3n) is 5.21. The fraction of sp³-hybridized carbons (Fsp3) is 0.421. The lowest BCUT2D eigenvalue weighted by Gasteiger charge is -2.58. The molecule has 1 fully saturated rings. The molecule has 1 aliphatic carbocycles. The Morgan fingerprint density at radius 2 is 2.04 bits per heavy atom. The van der Waals surface area contributed by atoms with E-state index in [1.807, 2.05) is 37.3 Å². The quantitative estimate of drug-likeness (QED) is 0.823. The molecule has 7 heteroatoms. The maximum atomic E-state index is 12.6. The van der Waals surface area contributed by atoms with Gasteiger partial charge in [0.25, 0.3) is 5.91 Å². The number of rotatable bonds is 6. The van der Waals surface area contributed by atoms with E-state index in [1.54, 1.807) is 13.8 Å². The van der Waals surface area contributed by atoms with Gasteiger partial charge in [-0.15, -0.1) is 0 Å². The summed E-state index contributed by atoms with van der Waals surface area (Å²) in [4.78, 5) is 28.7. The minimum Gasteiger partial charge on any atom is -0.479 e. The molecule has 1 aliphatic rings. The fourth-order valence-corrected chi connectivity index (χ4v) is 3.39. The van der Waals surface area contributed by atoms with E-state index in [0.717, 1.165) is 5.56 Å². The van der Waals surface area contributed by atoms with Crippen molar-refractivity contribution in [2.45, 2.75) is 38.8 Å². The van der Waals surface area contributed by atoms with Gasteiger partial charge in [-0.2, -0.15) is 0 Å². The lowest BCUT2D eigenvalue weighted by atomic mass is 9.54. The zero-order chi connectivity index (χ0) is 18.9. The molecular formula is C19H22N2O5. The number of carbonyl (C=O) groups is 2. The second kappa shape index (κ2) is 6.57. The number of aromatic nitrogens is 1. The van der Waals surface area contributed by atoms with Crippen LogP contribution in [-0.2, 0) is 9.53 Å². The van der Waals surface area contributed by atoms with Gasteiger partial charge >= 0.3 is 5.97 Å². The van der Waals surface area contributed by atoms with Crippen molar-refractivity contribution < 1.29 is 23.8 Å². The van der Waals surface area contributed by atoms with E-state index in [2.05, 4.69) is 10.3 Å². The largest absolute Gasteiger partial charge is 0.479 e. The Kier molecular flexibility index (Phi) is 4.58. The van der Waals surface area contributed by atoms with Crippen molar-refractivity contribution in [2.75, 3.05) is 6.61 Å². The number of oxazole rings is 1. The summed E-state index contributed by atoms with van der Waals surface area (Å²) in [6, 6.07) is 9.17. The second-order valence-corrected chi connectivity index (χ2v) is 6.94. The van der Waals surface area contributed by atoms with Crippen molar-refractivity contribution in [3.63, 3.8) is 0 Å². The Morgan fingerprint density at radius 3 is 2.62 bits per heavy atom. The van der Waals surface area contributed by atoms with Crippen LogP contribution in [-0.4, -0.2) is 40.2 Å². The molecule has 1 aromatic carbocycles. The first-order valence-electron chi connectivity index (χ1n) is 8.50. The average Bonchev–Trinajstić information content (AvgIpc) is 3.11. The number of ether oxygens (including phenoxy) is 1. The third kappa shape index (κ3) is 2.78. The van der Waals surface area contributed by atoms with E-state index in [0.29, 0.717) is 12.5 Å². The molecule has 0 aliphatic heterocycles. The topological polar surface area (TPSA) is 102 Å². The summed E-state index contributed by atoms with van der Waals surface area (Å²) < 4.78 is 11.0. The number of benzene rings is 1. The molecule has 2 N–H and O–H groups in total. The summed E-state index contributed by atoms with van der Waals surface area (Å²) in [5.74, 6) is -1.36. The van der Waals surface area contributed by atoms with Crippen molar-refractivity contribution >= 4 is 11.9 Å². The predicted molar refractivity (Wildman–Crippen MR) is 93.6 cm³/mol. The Balaban J connectivity index is 1.80. The number of nitrogens with one attached hydrogen (secondary N) is 1. The smallest absolute Gasteiger partial charge is 0.330 e. The highest BCUT2D eigenvalue weighted by atomic mass is 16.5. The van der Waals surface area contributed by atoms with E-state index >= 15 is 0 Å². The summed E-state index contributed by atoms with van der Waals surface area (Å²) >= 11 is 0. The molecule has 138 valence electrons. The molecule has 0 radical (unpaired) electrons. The van der Waals surface area contributed by atoms with Crippen molar-refractivity contribution in [2.24, 2.45) is 5.41 Å². The number of amides is 1. The molecule has 2 unspecified atom stereocenters. The SMILES string of the molecule is CCOC1CC(NC(=O)c2coc(-c3ccccc3)n2)(C(=O)O)C1(C)C. The Hall–Kier alpha value is -2.67. The molecule has 2 aromatic rings. The van der Waals surface area contributed by atoms with Crippen LogP contribution in [0.5, 0.6) is 0 Å². The first kappa shape index (κ1) is 18.1. The normalized spacial score (nSPS) is 23.9. The molecule has 1 heterocycles. The number of hydrogen-bond acceptors (Lipinski definition) is 5. The molecule has 0 bridgehead atoms. The van der Waals surface area contributed by atoms with Crippen LogP contribution in [0.3, 0.4) is 0 Å². The Labute approximate surface area is 151 Å². The molecule has 7 nitrogen and oxygen atoms in total. The number of carbonyl (C=O) groups excluding carboxylic acids is 1. The molecule has 0 saturated heterocycles. The summed E-state index contributed by atoms with van der Waals surface area (Å²) in [6.07, 6.45) is 1.21. The summed E-state index contributed by atoms with van der Waals surface area (Å²) in [5.41, 5.74) is -1.38. The van der Waals surface area contributed by atoms with Crippen molar-refractivity contribution in [3.8, 4) is 11.5 Å². The summed E-state index contributed by atoms with van der Waals surface area (Å²) in [7, 11) is 0. The third-order valence-corrected chi connectivity index (χ3v) is 5.21. The maximum Gasteiger partial charge on any atom is 0.330 e. The number of carboxylic acid groups (broad SMARTS) is 1. The fourth-order valence-electron chi connectivity index (χ4n) is 3.39. The highest BCUT2D eigenvalue weighted by Gasteiger charge is 2.66. The van der Waals surface area contributed by atoms with E-state index in [1.165, 1.54) is 6.26 Å². The van der Waals surface area contributed by atoms with Gasteiger partial charge in [0.05, 0.1) is 6.10 Å². The van der Waals surface area contributed by atoms with Crippen LogP contribution in [0.15, 0.2) is 41.0 Å². The van der Waals surface area contributed by atoms with Gasteiger partial charge in [0.2, 0.25) is 5.89 Å². The zero-order valence-corrected chi connectivity index (χ0v) is 15.0. The Bertz CT molecular complexity index is 814. The number of hydrogen-bond donors (Lipinski definition) is 2. The lowest BCUT2D eigenvalue weighted by Crippen LogP contribution is -2.76. The minimum atomic E-state index is -1.41. The summed E-state index contributed by atoms with van der Waals surface area (Å²) in [5, 5.41) is 12.4. The van der Waals surface area contributed by atoms with E-state index in [4.69, 9.17) is 9.15 Å². The van der Waals surface area contributed by atoms with E-state index < -0.39 is 22.8 Å². The minimum absolute atomic E-state index is 0.0418. The second-order valence-electron chi connectivity index (χ2n) is 6.94. The van der Waals surface area contributed by atoms with Crippen LogP contribution in [0.4, 0.5) is 0 Å². The molecule has 26 heavy (non-hydrogen) atoms. The van der Waals surface area contributed by atoms with Gasteiger partial charge in [-0.3, -0.25) is 4.79 Å². The van der Waals surface area contributed by atoms with E-state index in [-0.39, 0.29) is 18.2 Å². The van der Waals surface area contributed by atoms with Gasteiger partial charge in [0, 0.05) is 24.0 Å². The molecule has 1 amide bonds. The lowest BCUT2D eigenvalue weighted by molar-refractivity contribution is -0.190. The van der Waals surface area contributed by atoms with Gasteiger partial charge in [-0.25, -0.2) is 9.78 Å². The van der Waals surface area contributed by atoms with Crippen LogP contribution in [0.2, 0.25) is 0 Å². The number of carboxylic acids is 1. The van der Waals surface area contributed by atoms with E-state index in [9.17, 15) is 14.7 Å². The molecule has 1 aromatic heterocycles.